The first-order valence-corrected chi connectivity index (χ1v) is 9.80. The van der Waals surface area contributed by atoms with E-state index in [1.54, 1.807) is 17.7 Å². The van der Waals surface area contributed by atoms with Gasteiger partial charge in [-0.25, -0.2) is 4.98 Å². The maximum absolute atomic E-state index is 4.58. The van der Waals surface area contributed by atoms with Crippen molar-refractivity contribution in [3.05, 3.63) is 78.5 Å². The smallest absolute Gasteiger partial charge is 0.168 e. The molecule has 28 heavy (non-hydrogen) atoms. The summed E-state index contributed by atoms with van der Waals surface area (Å²) in [6.07, 6.45) is 5.63. The van der Waals surface area contributed by atoms with E-state index in [0.717, 1.165) is 49.0 Å². The monoisotopic (exact) mass is 383 g/mol. The summed E-state index contributed by atoms with van der Waals surface area (Å²) in [7, 11) is 0. The van der Waals surface area contributed by atoms with Crippen molar-refractivity contribution in [2.45, 2.75) is 13.8 Å². The average molecular weight is 383 g/mol. The minimum Gasteiger partial charge on any atom is -0.288 e. The van der Waals surface area contributed by atoms with Crippen LogP contribution in [0.2, 0.25) is 0 Å². The largest absolute Gasteiger partial charge is 0.288 e. The van der Waals surface area contributed by atoms with Crippen LogP contribution in [0.1, 0.15) is 11.3 Å². The Labute approximate surface area is 166 Å². The number of imidazole rings is 1. The van der Waals surface area contributed by atoms with Crippen LogP contribution in [0.3, 0.4) is 0 Å². The molecule has 5 rings (SSSR count). The molecule has 5 aromatic rings. The topological polar surface area (TPSA) is 56.5 Å². The molecule has 0 saturated heterocycles. The zero-order chi connectivity index (χ0) is 19.1. The summed E-state index contributed by atoms with van der Waals surface area (Å²) in [5.41, 5.74) is 3.97. The number of hydrogen-bond donors (Lipinski definition) is 0. The first-order chi connectivity index (χ1) is 13.7. The lowest BCUT2D eigenvalue weighted by molar-refractivity contribution is 0.933. The molecule has 0 aliphatic rings. The highest BCUT2D eigenvalue weighted by atomic mass is 32.1. The Bertz CT molecular complexity index is 1280. The lowest BCUT2D eigenvalue weighted by Gasteiger charge is -2.08. The highest BCUT2D eigenvalue weighted by Crippen LogP contribution is 2.36. The SMILES string of the molecule is Cc1ccc(-c2ccc(-c3nnc(-n4cnc(C)c4)c4ccccc34)s2)nc1. The van der Waals surface area contributed by atoms with Crippen LogP contribution < -0.4 is 0 Å². The number of aryl methyl sites for hydroxylation is 2. The summed E-state index contributed by atoms with van der Waals surface area (Å²) >= 11 is 1.68. The molecular formula is C22H17N5S. The van der Waals surface area contributed by atoms with Crippen LogP contribution in [-0.2, 0) is 0 Å². The number of pyridine rings is 1. The van der Waals surface area contributed by atoms with Gasteiger partial charge in [-0.1, -0.05) is 30.3 Å². The van der Waals surface area contributed by atoms with Gasteiger partial charge in [0.2, 0.25) is 0 Å². The zero-order valence-corrected chi connectivity index (χ0v) is 16.3. The highest BCUT2D eigenvalue weighted by Gasteiger charge is 2.14. The van der Waals surface area contributed by atoms with Crippen LogP contribution in [0.25, 0.3) is 37.7 Å². The molecular weight excluding hydrogens is 366 g/mol. The zero-order valence-electron chi connectivity index (χ0n) is 15.5. The lowest BCUT2D eigenvalue weighted by atomic mass is 10.1. The van der Waals surface area contributed by atoms with Crippen molar-refractivity contribution in [1.29, 1.82) is 0 Å². The van der Waals surface area contributed by atoms with Gasteiger partial charge in [0.15, 0.2) is 5.82 Å². The molecule has 1 aromatic carbocycles. The van der Waals surface area contributed by atoms with Crippen LogP contribution in [0, 0.1) is 13.8 Å². The highest BCUT2D eigenvalue weighted by molar-refractivity contribution is 7.18. The Balaban J connectivity index is 1.63. The van der Waals surface area contributed by atoms with Crippen molar-refractivity contribution >= 4 is 22.1 Å². The number of rotatable bonds is 3. The Hall–Kier alpha value is -3.38. The molecule has 0 spiro atoms. The third kappa shape index (κ3) is 2.88. The van der Waals surface area contributed by atoms with Gasteiger partial charge in [0, 0.05) is 23.2 Å². The summed E-state index contributed by atoms with van der Waals surface area (Å²) in [6, 6.07) is 16.6. The Morgan fingerprint density at radius 2 is 1.64 bits per heavy atom. The van der Waals surface area contributed by atoms with E-state index in [4.69, 9.17) is 0 Å². The predicted molar refractivity (Wildman–Crippen MR) is 113 cm³/mol. The number of fused-ring (bicyclic) bond motifs is 1. The van der Waals surface area contributed by atoms with E-state index in [0.29, 0.717) is 0 Å². The molecule has 0 N–H and O–H groups in total. The molecule has 5 nitrogen and oxygen atoms in total. The average Bonchev–Trinajstić information content (AvgIpc) is 3.37. The van der Waals surface area contributed by atoms with Gasteiger partial charge in [0.05, 0.1) is 21.1 Å². The normalized spacial score (nSPS) is 11.2. The molecule has 0 atom stereocenters. The molecule has 0 amide bonds. The summed E-state index contributed by atoms with van der Waals surface area (Å²) < 4.78 is 1.92. The maximum atomic E-state index is 4.58. The van der Waals surface area contributed by atoms with Crippen LogP contribution >= 0.6 is 11.3 Å². The summed E-state index contributed by atoms with van der Waals surface area (Å²) in [4.78, 5) is 11.1. The molecule has 6 heteroatoms. The van der Waals surface area contributed by atoms with E-state index in [2.05, 4.69) is 56.6 Å². The third-order valence-corrected chi connectivity index (χ3v) is 5.74. The van der Waals surface area contributed by atoms with E-state index < -0.39 is 0 Å². The second-order valence-corrected chi connectivity index (χ2v) is 7.81. The Morgan fingerprint density at radius 3 is 2.39 bits per heavy atom. The standard InChI is InChI=1S/C22H17N5S/c1-14-7-8-18(23-11-14)19-9-10-20(28-19)21-16-5-3-4-6-17(16)22(26-25-21)27-12-15(2)24-13-27/h3-13H,1-2H3. The van der Waals surface area contributed by atoms with Gasteiger partial charge < -0.3 is 0 Å². The molecule has 4 aromatic heterocycles. The predicted octanol–water partition coefficient (Wildman–Crippen LogP) is 5.22. The van der Waals surface area contributed by atoms with Gasteiger partial charge in [0.25, 0.3) is 0 Å². The minimum absolute atomic E-state index is 0.789. The number of aromatic nitrogens is 5. The van der Waals surface area contributed by atoms with Crippen LogP contribution in [0.4, 0.5) is 0 Å². The molecule has 0 bridgehead atoms. The van der Waals surface area contributed by atoms with Crippen LogP contribution in [-0.4, -0.2) is 24.7 Å². The molecule has 0 saturated carbocycles. The van der Waals surface area contributed by atoms with Gasteiger partial charge in [-0.3, -0.25) is 9.55 Å². The molecule has 0 fully saturated rings. The number of benzene rings is 1. The number of thiophene rings is 1. The quantitative estimate of drug-likeness (QED) is 0.428. The van der Waals surface area contributed by atoms with Crippen molar-refractivity contribution in [2.24, 2.45) is 0 Å². The first kappa shape index (κ1) is 16.8. The van der Waals surface area contributed by atoms with Crippen LogP contribution in [0.15, 0.2) is 67.3 Å². The summed E-state index contributed by atoms with van der Waals surface area (Å²) in [5, 5.41) is 11.2. The second-order valence-electron chi connectivity index (χ2n) is 6.72. The fourth-order valence-corrected chi connectivity index (χ4v) is 4.20. The fourth-order valence-electron chi connectivity index (χ4n) is 3.22. The molecule has 0 aliphatic heterocycles. The van der Waals surface area contributed by atoms with E-state index in [1.165, 1.54) is 0 Å². The molecule has 0 aliphatic carbocycles. The van der Waals surface area contributed by atoms with Crippen molar-refractivity contribution in [3.8, 4) is 27.0 Å². The van der Waals surface area contributed by atoms with Gasteiger partial charge in [-0.05, 0) is 37.6 Å². The third-order valence-electron chi connectivity index (χ3n) is 4.63. The summed E-state index contributed by atoms with van der Waals surface area (Å²) in [6.45, 7) is 4.01. The van der Waals surface area contributed by atoms with Crippen molar-refractivity contribution in [2.75, 3.05) is 0 Å². The molecule has 0 radical (unpaired) electrons. The van der Waals surface area contributed by atoms with E-state index in [9.17, 15) is 0 Å². The van der Waals surface area contributed by atoms with Crippen molar-refractivity contribution in [3.63, 3.8) is 0 Å². The Kier molecular flexibility index (Phi) is 3.98. The van der Waals surface area contributed by atoms with Gasteiger partial charge in [-0.15, -0.1) is 21.5 Å². The number of hydrogen-bond acceptors (Lipinski definition) is 5. The molecule has 0 unspecified atom stereocenters. The van der Waals surface area contributed by atoms with E-state index in [-0.39, 0.29) is 0 Å². The van der Waals surface area contributed by atoms with Gasteiger partial charge >= 0.3 is 0 Å². The Morgan fingerprint density at radius 1 is 0.821 bits per heavy atom. The first-order valence-electron chi connectivity index (χ1n) is 8.99. The summed E-state index contributed by atoms with van der Waals surface area (Å²) in [5.74, 6) is 0.789. The second kappa shape index (κ2) is 6.65. The van der Waals surface area contributed by atoms with Crippen molar-refractivity contribution in [1.82, 2.24) is 24.7 Å². The lowest BCUT2D eigenvalue weighted by Crippen LogP contribution is -2.00. The number of nitrogens with zero attached hydrogens (tertiary/aromatic N) is 5. The minimum atomic E-state index is 0.789. The fraction of sp³-hybridized carbons (Fsp3) is 0.0909. The van der Waals surface area contributed by atoms with Gasteiger partial charge in [0.1, 0.15) is 12.0 Å². The molecule has 4 heterocycles. The van der Waals surface area contributed by atoms with Crippen molar-refractivity contribution < 1.29 is 0 Å². The maximum Gasteiger partial charge on any atom is 0.168 e. The van der Waals surface area contributed by atoms with Crippen LogP contribution in [0.5, 0.6) is 0 Å². The molecule has 136 valence electrons. The van der Waals surface area contributed by atoms with E-state index >= 15 is 0 Å². The van der Waals surface area contributed by atoms with Gasteiger partial charge in [-0.2, -0.15) is 0 Å². The van der Waals surface area contributed by atoms with E-state index in [1.807, 2.05) is 42.9 Å².